The number of halogens is 2. The average molecular weight is 525 g/mol. The number of benzene rings is 3. The number of hydrogen-bond acceptors (Lipinski definition) is 3. The normalized spacial score (nSPS) is 16.1. The van der Waals surface area contributed by atoms with E-state index in [9.17, 15) is 0 Å². The van der Waals surface area contributed by atoms with E-state index < -0.39 is 7.21 Å². The standard InChI is InChI=1S/C27H27Cl2N4OP/c1-20-27(21(2)33(30-20)22-10-5-3-6-11-22)35(23-12-7-4-8-13-23,32-16-18-34-19-17-32)31-26-24(28)14-9-15-25(26)29/h3-15H,16-19H2,1-2H3/t35-/m1/s1. The fourth-order valence-electron chi connectivity index (χ4n) is 4.72. The maximum atomic E-state index is 6.71. The molecule has 0 unspecified atom stereocenters. The number of ether oxygens (including phenoxy) is 1. The van der Waals surface area contributed by atoms with Crippen LogP contribution in [0, 0.1) is 13.8 Å². The summed E-state index contributed by atoms with van der Waals surface area (Å²) in [7, 11) is -2.60. The summed E-state index contributed by atoms with van der Waals surface area (Å²) in [6.07, 6.45) is 0. The predicted molar refractivity (Wildman–Crippen MR) is 147 cm³/mol. The highest BCUT2D eigenvalue weighted by molar-refractivity contribution is 7.79. The van der Waals surface area contributed by atoms with Crippen molar-refractivity contribution in [1.29, 1.82) is 0 Å². The largest absolute Gasteiger partial charge is 0.379 e. The molecule has 2 heterocycles. The van der Waals surface area contributed by atoms with Crippen LogP contribution in [0.2, 0.25) is 10.0 Å². The molecule has 3 aromatic carbocycles. The molecule has 180 valence electrons. The fraction of sp³-hybridized carbons (Fsp3) is 0.222. The summed E-state index contributed by atoms with van der Waals surface area (Å²) in [5.41, 5.74) is 3.64. The fourth-order valence-corrected chi connectivity index (χ4v) is 9.41. The van der Waals surface area contributed by atoms with E-state index in [1.54, 1.807) is 0 Å². The maximum absolute atomic E-state index is 6.71. The van der Waals surface area contributed by atoms with Gasteiger partial charge in [0.15, 0.2) is 0 Å². The molecule has 0 amide bonds. The Labute approximate surface area is 216 Å². The minimum atomic E-state index is -2.60. The van der Waals surface area contributed by atoms with Crippen molar-refractivity contribution in [1.82, 2.24) is 14.5 Å². The highest BCUT2D eigenvalue weighted by Gasteiger charge is 2.38. The van der Waals surface area contributed by atoms with Crippen molar-refractivity contribution in [2.45, 2.75) is 13.8 Å². The van der Waals surface area contributed by atoms with E-state index in [0.717, 1.165) is 40.8 Å². The SMILES string of the molecule is Cc1nn(-c2ccccc2)c(C)c1[P@@](=Nc1c(Cl)cccc1Cl)(c1ccccc1)N1CCOCC1. The van der Waals surface area contributed by atoms with Crippen molar-refractivity contribution >= 4 is 46.7 Å². The first-order valence-corrected chi connectivity index (χ1v) is 14.0. The average Bonchev–Trinajstić information content (AvgIpc) is 3.20. The van der Waals surface area contributed by atoms with Crippen LogP contribution in [-0.2, 0) is 4.74 Å². The lowest BCUT2D eigenvalue weighted by molar-refractivity contribution is 0.0750. The van der Waals surface area contributed by atoms with Crippen LogP contribution in [-0.4, -0.2) is 40.8 Å². The van der Waals surface area contributed by atoms with Crippen LogP contribution in [0.25, 0.3) is 5.69 Å². The van der Waals surface area contributed by atoms with E-state index >= 15 is 0 Å². The van der Waals surface area contributed by atoms with E-state index in [0.29, 0.717) is 28.9 Å². The van der Waals surface area contributed by atoms with Crippen LogP contribution in [0.5, 0.6) is 0 Å². The van der Waals surface area contributed by atoms with Gasteiger partial charge in [-0.2, -0.15) is 5.10 Å². The van der Waals surface area contributed by atoms with Gasteiger partial charge in [-0.3, -0.25) is 4.67 Å². The van der Waals surface area contributed by atoms with Gasteiger partial charge < -0.3 is 4.74 Å². The van der Waals surface area contributed by atoms with Crippen LogP contribution >= 0.6 is 30.4 Å². The van der Waals surface area contributed by atoms with Crippen molar-refractivity contribution in [2.75, 3.05) is 26.3 Å². The Morgan fingerprint density at radius 1 is 0.829 bits per heavy atom. The summed E-state index contributed by atoms with van der Waals surface area (Å²) < 4.78 is 15.8. The molecule has 1 aliphatic heterocycles. The molecule has 0 aliphatic carbocycles. The summed E-state index contributed by atoms with van der Waals surface area (Å²) in [6.45, 7) is 7.00. The minimum Gasteiger partial charge on any atom is -0.379 e. The van der Waals surface area contributed by atoms with Crippen LogP contribution in [0.3, 0.4) is 0 Å². The number of aryl methyl sites for hydroxylation is 1. The molecule has 0 saturated carbocycles. The van der Waals surface area contributed by atoms with Crippen LogP contribution in [0.1, 0.15) is 11.4 Å². The number of para-hydroxylation sites is 1. The number of morpholine rings is 1. The molecule has 1 fully saturated rings. The molecule has 35 heavy (non-hydrogen) atoms. The molecule has 5 rings (SSSR count). The molecule has 8 heteroatoms. The molecule has 4 aromatic rings. The zero-order chi connectivity index (χ0) is 24.4. The summed E-state index contributed by atoms with van der Waals surface area (Å²) in [4.78, 5) is 0. The third kappa shape index (κ3) is 4.48. The van der Waals surface area contributed by atoms with E-state index in [1.807, 2.05) is 47.1 Å². The Hall–Kier alpha value is -2.40. The lowest BCUT2D eigenvalue weighted by Gasteiger charge is -2.39. The lowest BCUT2D eigenvalue weighted by Crippen LogP contribution is -2.41. The molecule has 0 spiro atoms. The number of aromatic nitrogens is 2. The molecule has 1 aliphatic rings. The van der Waals surface area contributed by atoms with Gasteiger partial charge in [-0.1, -0.05) is 77.8 Å². The van der Waals surface area contributed by atoms with Crippen LogP contribution in [0.4, 0.5) is 5.69 Å². The smallest absolute Gasteiger partial charge is 0.101 e. The summed E-state index contributed by atoms with van der Waals surface area (Å²) in [5, 5.41) is 8.36. The molecule has 0 bridgehead atoms. The monoisotopic (exact) mass is 524 g/mol. The zero-order valence-electron chi connectivity index (χ0n) is 19.7. The molecule has 1 aromatic heterocycles. The number of hydrogen-bond donors (Lipinski definition) is 0. The van der Waals surface area contributed by atoms with Gasteiger partial charge in [-0.15, -0.1) is 0 Å². The van der Waals surface area contributed by atoms with Crippen molar-refractivity contribution in [3.05, 3.63) is 100 Å². The van der Waals surface area contributed by atoms with Gasteiger partial charge in [0, 0.05) is 18.4 Å². The summed E-state index contributed by atoms with van der Waals surface area (Å²) in [6, 6.07) is 26.3. The third-order valence-electron chi connectivity index (χ3n) is 6.26. The Balaban J connectivity index is 1.90. The van der Waals surface area contributed by atoms with Gasteiger partial charge in [0.25, 0.3) is 0 Å². The van der Waals surface area contributed by atoms with Crippen LogP contribution < -0.4 is 10.6 Å². The third-order valence-corrected chi connectivity index (χ3v) is 10.9. The maximum Gasteiger partial charge on any atom is 0.101 e. The molecule has 0 radical (unpaired) electrons. The first-order valence-electron chi connectivity index (χ1n) is 11.6. The van der Waals surface area contributed by atoms with Crippen molar-refractivity contribution in [2.24, 2.45) is 4.74 Å². The topological polar surface area (TPSA) is 42.7 Å². The van der Waals surface area contributed by atoms with Crippen molar-refractivity contribution in [3.63, 3.8) is 0 Å². The Kier molecular flexibility index (Phi) is 7.15. The van der Waals surface area contributed by atoms with E-state index in [2.05, 4.69) is 54.9 Å². The minimum absolute atomic E-state index is 0.539. The molecule has 1 saturated heterocycles. The Morgan fingerprint density at radius 2 is 1.43 bits per heavy atom. The van der Waals surface area contributed by atoms with E-state index in [4.69, 9.17) is 37.8 Å². The first-order chi connectivity index (χ1) is 17.0. The van der Waals surface area contributed by atoms with Crippen molar-refractivity contribution in [3.8, 4) is 5.69 Å². The second-order valence-electron chi connectivity index (χ2n) is 8.44. The lowest BCUT2D eigenvalue weighted by atomic mass is 10.3. The number of rotatable bonds is 5. The summed E-state index contributed by atoms with van der Waals surface area (Å²) in [5.74, 6) is 0. The number of nitrogens with zero attached hydrogens (tertiary/aromatic N) is 4. The summed E-state index contributed by atoms with van der Waals surface area (Å²) >= 11 is 13.4. The molecule has 5 nitrogen and oxygen atoms in total. The Bertz CT molecular complexity index is 1360. The van der Waals surface area contributed by atoms with Gasteiger partial charge in [0.05, 0.1) is 52.8 Å². The van der Waals surface area contributed by atoms with Crippen LogP contribution in [0.15, 0.2) is 83.6 Å². The highest BCUT2D eigenvalue weighted by atomic mass is 35.5. The quantitative estimate of drug-likeness (QED) is 0.279. The van der Waals surface area contributed by atoms with Crippen molar-refractivity contribution < 1.29 is 4.74 Å². The predicted octanol–water partition coefficient (Wildman–Crippen LogP) is 6.53. The molecule has 0 N–H and O–H groups in total. The van der Waals surface area contributed by atoms with Gasteiger partial charge in [-0.05, 0) is 38.1 Å². The van der Waals surface area contributed by atoms with E-state index in [1.165, 1.54) is 0 Å². The second kappa shape index (κ2) is 10.3. The Morgan fingerprint density at radius 3 is 2.06 bits per heavy atom. The highest BCUT2D eigenvalue weighted by Crippen LogP contribution is 2.56. The van der Waals surface area contributed by atoms with E-state index in [-0.39, 0.29) is 0 Å². The van der Waals surface area contributed by atoms with Gasteiger partial charge in [0.2, 0.25) is 0 Å². The molecule has 1 atom stereocenters. The van der Waals surface area contributed by atoms with Gasteiger partial charge in [-0.25, -0.2) is 9.43 Å². The van der Waals surface area contributed by atoms with Gasteiger partial charge >= 0.3 is 0 Å². The molecular weight excluding hydrogens is 498 g/mol. The first kappa shape index (κ1) is 24.3. The molecular formula is C27H27Cl2N4OP. The van der Waals surface area contributed by atoms with Gasteiger partial charge in [0.1, 0.15) is 5.69 Å². The second-order valence-corrected chi connectivity index (χ2v) is 12.2. The zero-order valence-corrected chi connectivity index (χ0v) is 22.1.